The van der Waals surface area contributed by atoms with E-state index in [4.69, 9.17) is 23.2 Å². The van der Waals surface area contributed by atoms with Crippen LogP contribution in [0.4, 0.5) is 5.69 Å². The Hall–Kier alpha value is -2.28. The highest BCUT2D eigenvalue weighted by molar-refractivity contribution is 8.00. The minimum Gasteiger partial charge on any atom is -0.324 e. The van der Waals surface area contributed by atoms with Gasteiger partial charge in [0.05, 0.1) is 26.5 Å². The van der Waals surface area contributed by atoms with Crippen LogP contribution in [0.3, 0.4) is 0 Å². The molecule has 0 saturated carbocycles. The van der Waals surface area contributed by atoms with Crippen LogP contribution < -0.4 is 5.32 Å². The molecule has 0 bridgehead atoms. The largest absolute Gasteiger partial charge is 0.324 e. The summed E-state index contributed by atoms with van der Waals surface area (Å²) in [6.45, 7) is 3.87. The van der Waals surface area contributed by atoms with Crippen LogP contribution in [0.1, 0.15) is 12.5 Å². The molecule has 0 aliphatic rings. The molecule has 2 aromatic carbocycles. The average molecular weight is 431 g/mol. The Morgan fingerprint density at radius 3 is 2.75 bits per heavy atom. The number of nitrogens with one attached hydrogen (secondary N) is 1. The van der Waals surface area contributed by atoms with Gasteiger partial charge in [-0.15, -0.1) is 10.2 Å². The number of benzene rings is 2. The van der Waals surface area contributed by atoms with Gasteiger partial charge in [0.1, 0.15) is 0 Å². The van der Waals surface area contributed by atoms with Crippen LogP contribution in [0.5, 0.6) is 0 Å². The fraction of sp³-hybridized carbons (Fsp3) is 0.150. The predicted octanol–water partition coefficient (Wildman–Crippen LogP) is 5.62. The summed E-state index contributed by atoms with van der Waals surface area (Å²) in [5, 5.41) is 13.5. The number of aromatic nitrogens is 3. The molecule has 1 N–H and O–H groups in total. The molecular formula is C20H16Cl2N4OS. The SMILES string of the molecule is Cc1cc2nnc(SC(C)C(=O)Nc3cccc(Cl)c3Cl)n2c2ccccc12. The molecule has 0 fully saturated rings. The maximum Gasteiger partial charge on any atom is 0.237 e. The fourth-order valence-electron chi connectivity index (χ4n) is 3.00. The molecule has 142 valence electrons. The van der Waals surface area contributed by atoms with Crippen molar-refractivity contribution in [1.82, 2.24) is 14.6 Å². The van der Waals surface area contributed by atoms with Crippen molar-refractivity contribution in [2.24, 2.45) is 0 Å². The number of fused-ring (bicyclic) bond motifs is 3. The minimum atomic E-state index is -0.414. The molecule has 1 unspecified atom stereocenters. The van der Waals surface area contributed by atoms with E-state index in [1.165, 1.54) is 11.8 Å². The zero-order valence-corrected chi connectivity index (χ0v) is 17.4. The second kappa shape index (κ2) is 7.62. The summed E-state index contributed by atoms with van der Waals surface area (Å²) < 4.78 is 1.98. The molecule has 4 rings (SSSR count). The van der Waals surface area contributed by atoms with E-state index in [9.17, 15) is 4.79 Å². The highest BCUT2D eigenvalue weighted by Crippen LogP contribution is 2.31. The number of hydrogen-bond acceptors (Lipinski definition) is 4. The number of aryl methyl sites for hydroxylation is 1. The van der Waals surface area contributed by atoms with Gasteiger partial charge in [-0.1, -0.05) is 59.2 Å². The van der Waals surface area contributed by atoms with Gasteiger partial charge in [-0.05, 0) is 43.7 Å². The van der Waals surface area contributed by atoms with E-state index in [1.54, 1.807) is 18.2 Å². The van der Waals surface area contributed by atoms with Gasteiger partial charge in [-0.3, -0.25) is 9.20 Å². The lowest BCUT2D eigenvalue weighted by Crippen LogP contribution is -2.22. The highest BCUT2D eigenvalue weighted by Gasteiger charge is 2.20. The van der Waals surface area contributed by atoms with Crippen molar-refractivity contribution >= 4 is 63.1 Å². The number of carbonyl (C=O) groups is 1. The number of carbonyl (C=O) groups excluding carboxylic acids is 1. The third kappa shape index (κ3) is 3.43. The van der Waals surface area contributed by atoms with Crippen LogP contribution in [0, 0.1) is 6.92 Å². The molecule has 1 amide bonds. The number of para-hydroxylation sites is 1. The van der Waals surface area contributed by atoms with E-state index in [2.05, 4.69) is 28.5 Å². The molecule has 2 aromatic heterocycles. The van der Waals surface area contributed by atoms with Gasteiger partial charge in [0.2, 0.25) is 5.91 Å². The smallest absolute Gasteiger partial charge is 0.237 e. The summed E-state index contributed by atoms with van der Waals surface area (Å²) in [7, 11) is 0. The zero-order chi connectivity index (χ0) is 19.8. The molecule has 4 aromatic rings. The molecule has 8 heteroatoms. The summed E-state index contributed by atoms with van der Waals surface area (Å²) >= 11 is 13.5. The number of hydrogen-bond donors (Lipinski definition) is 1. The van der Waals surface area contributed by atoms with Gasteiger partial charge >= 0.3 is 0 Å². The molecule has 0 radical (unpaired) electrons. The lowest BCUT2D eigenvalue weighted by molar-refractivity contribution is -0.115. The van der Waals surface area contributed by atoms with Gasteiger partial charge in [-0.25, -0.2) is 0 Å². The lowest BCUT2D eigenvalue weighted by atomic mass is 10.1. The monoisotopic (exact) mass is 430 g/mol. The van der Waals surface area contributed by atoms with Crippen LogP contribution in [0.25, 0.3) is 16.6 Å². The second-order valence-electron chi connectivity index (χ2n) is 6.37. The summed E-state index contributed by atoms with van der Waals surface area (Å²) in [6, 6.07) is 15.2. The van der Waals surface area contributed by atoms with Crippen LogP contribution in [-0.2, 0) is 4.79 Å². The predicted molar refractivity (Wildman–Crippen MR) is 116 cm³/mol. The third-order valence-electron chi connectivity index (χ3n) is 4.43. The summed E-state index contributed by atoms with van der Waals surface area (Å²) in [5.41, 5.74) is 3.38. The van der Waals surface area contributed by atoms with Gasteiger partial charge in [0.15, 0.2) is 10.8 Å². The number of nitrogens with zero attached hydrogens (tertiary/aromatic N) is 3. The Balaban J connectivity index is 1.64. The van der Waals surface area contributed by atoms with Crippen molar-refractivity contribution < 1.29 is 4.79 Å². The third-order valence-corrected chi connectivity index (χ3v) is 6.30. The Morgan fingerprint density at radius 2 is 1.93 bits per heavy atom. The molecule has 0 spiro atoms. The summed E-state index contributed by atoms with van der Waals surface area (Å²) in [6.07, 6.45) is 0. The van der Waals surface area contributed by atoms with Crippen molar-refractivity contribution in [3.8, 4) is 0 Å². The van der Waals surface area contributed by atoms with E-state index in [1.807, 2.05) is 35.6 Å². The first-order chi connectivity index (χ1) is 13.5. The van der Waals surface area contributed by atoms with Gasteiger partial charge in [0, 0.05) is 5.39 Å². The lowest BCUT2D eigenvalue weighted by Gasteiger charge is -2.13. The van der Waals surface area contributed by atoms with Crippen LogP contribution >= 0.6 is 35.0 Å². The molecule has 2 heterocycles. The van der Waals surface area contributed by atoms with Gasteiger partial charge < -0.3 is 5.32 Å². The van der Waals surface area contributed by atoms with Crippen LogP contribution in [-0.4, -0.2) is 25.8 Å². The fourth-order valence-corrected chi connectivity index (χ4v) is 4.21. The van der Waals surface area contributed by atoms with E-state index < -0.39 is 5.25 Å². The molecule has 0 aliphatic carbocycles. The number of amides is 1. The van der Waals surface area contributed by atoms with E-state index >= 15 is 0 Å². The standard InChI is InChI=1S/C20H16Cl2N4OS/c1-11-10-17-24-25-20(26(17)16-9-4-3-6-13(11)16)28-12(2)19(27)23-15-8-5-7-14(21)18(15)22/h3-10,12H,1-2H3,(H,23,27). The topological polar surface area (TPSA) is 59.3 Å². The Labute approximate surface area is 176 Å². The summed E-state index contributed by atoms with van der Waals surface area (Å²) in [5.74, 6) is -0.192. The first-order valence-corrected chi connectivity index (χ1v) is 10.2. The van der Waals surface area contributed by atoms with E-state index in [-0.39, 0.29) is 5.91 Å². The Morgan fingerprint density at radius 1 is 1.14 bits per heavy atom. The van der Waals surface area contributed by atoms with Crippen molar-refractivity contribution in [3.63, 3.8) is 0 Å². The number of halogens is 2. The quantitative estimate of drug-likeness (QED) is 0.427. The van der Waals surface area contributed by atoms with Crippen molar-refractivity contribution in [1.29, 1.82) is 0 Å². The molecule has 0 aliphatic heterocycles. The minimum absolute atomic E-state index is 0.192. The molecule has 5 nitrogen and oxygen atoms in total. The van der Waals surface area contributed by atoms with Crippen molar-refractivity contribution in [3.05, 3.63) is 64.1 Å². The molecule has 0 saturated heterocycles. The second-order valence-corrected chi connectivity index (χ2v) is 8.46. The highest BCUT2D eigenvalue weighted by atomic mass is 35.5. The zero-order valence-electron chi connectivity index (χ0n) is 15.1. The Bertz CT molecular complexity index is 1210. The van der Waals surface area contributed by atoms with Crippen LogP contribution in [0.15, 0.2) is 53.7 Å². The number of rotatable bonds is 4. The first kappa shape index (κ1) is 19.1. The van der Waals surface area contributed by atoms with Crippen molar-refractivity contribution in [2.75, 3.05) is 5.32 Å². The first-order valence-electron chi connectivity index (χ1n) is 8.60. The van der Waals surface area contributed by atoms with E-state index in [0.717, 1.165) is 22.1 Å². The normalized spacial score (nSPS) is 12.4. The number of anilines is 1. The van der Waals surface area contributed by atoms with Gasteiger partial charge in [-0.2, -0.15) is 0 Å². The molecular weight excluding hydrogens is 415 g/mol. The number of thioether (sulfide) groups is 1. The maximum atomic E-state index is 12.7. The van der Waals surface area contributed by atoms with E-state index in [0.29, 0.717) is 20.9 Å². The molecule has 28 heavy (non-hydrogen) atoms. The Kier molecular flexibility index (Phi) is 5.19. The summed E-state index contributed by atoms with van der Waals surface area (Å²) in [4.78, 5) is 12.7. The van der Waals surface area contributed by atoms with Gasteiger partial charge in [0.25, 0.3) is 0 Å². The van der Waals surface area contributed by atoms with Crippen LogP contribution in [0.2, 0.25) is 10.0 Å². The molecule has 1 atom stereocenters. The maximum absolute atomic E-state index is 12.7. The average Bonchev–Trinajstić information content (AvgIpc) is 3.08. The number of pyridine rings is 1. The van der Waals surface area contributed by atoms with Crippen molar-refractivity contribution in [2.45, 2.75) is 24.3 Å².